The predicted octanol–water partition coefficient (Wildman–Crippen LogP) is -7.58. The van der Waals surface area contributed by atoms with E-state index in [1.165, 1.54) is 13.8 Å². The van der Waals surface area contributed by atoms with E-state index in [0.717, 1.165) is 13.8 Å². The second kappa shape index (κ2) is 47.5. The summed E-state index contributed by atoms with van der Waals surface area (Å²) in [6.45, 7) is 9.89. The van der Waals surface area contributed by atoms with Crippen LogP contribution in [0, 0.1) is 11.8 Å². The van der Waals surface area contributed by atoms with Gasteiger partial charge in [0.1, 0.15) is 78.5 Å². The van der Waals surface area contributed by atoms with Gasteiger partial charge in [-0.2, -0.15) is 0 Å². The Labute approximate surface area is 636 Å². The Hall–Kier alpha value is -12.2. The number of aliphatic hydroxyl groups excluding tert-OH is 1. The van der Waals surface area contributed by atoms with Gasteiger partial charge in [-0.25, -0.2) is 0 Å². The molecule has 25 N–H and O–H groups in total. The molecule has 0 aliphatic heterocycles. The Bertz CT molecular complexity index is 3660. The van der Waals surface area contributed by atoms with Crippen LogP contribution in [0.3, 0.4) is 0 Å². The molecule has 0 aliphatic rings. The van der Waals surface area contributed by atoms with Gasteiger partial charge in [0, 0.05) is 25.7 Å². The second-order valence-corrected chi connectivity index (χ2v) is 26.8. The molecule has 0 saturated heterocycles. The Morgan fingerprint density at radius 3 is 1.03 bits per heavy atom. The van der Waals surface area contributed by atoms with Crippen LogP contribution in [0.4, 0.5) is 0 Å². The van der Waals surface area contributed by atoms with Crippen molar-refractivity contribution < 1.29 is 121 Å². The molecule has 14 unspecified atom stereocenters. The van der Waals surface area contributed by atoms with Crippen molar-refractivity contribution in [2.75, 3.05) is 13.2 Å². The Morgan fingerprint density at radius 2 is 0.640 bits per heavy atom. The Kier molecular flexibility index (Phi) is 40.6. The zero-order valence-corrected chi connectivity index (χ0v) is 62.3. The minimum absolute atomic E-state index is 0.0188. The van der Waals surface area contributed by atoms with Gasteiger partial charge in [0.25, 0.3) is 0 Å². The van der Waals surface area contributed by atoms with Crippen LogP contribution in [0.25, 0.3) is 0 Å². The fourth-order valence-electron chi connectivity index (χ4n) is 10.2. The van der Waals surface area contributed by atoms with Gasteiger partial charge in [-0.05, 0) is 76.3 Å². The highest BCUT2D eigenvalue weighted by Gasteiger charge is 2.38. The number of hydrogen-bond acceptors (Lipinski definition) is 22. The van der Waals surface area contributed by atoms with Crippen LogP contribution >= 0.6 is 0 Å². The molecule has 2 aromatic carbocycles. The van der Waals surface area contributed by atoms with Crippen LogP contribution < -0.4 is 91.6 Å². The van der Waals surface area contributed by atoms with Crippen LogP contribution in [0.5, 0.6) is 0 Å². The van der Waals surface area contributed by atoms with Crippen molar-refractivity contribution in [3.63, 3.8) is 0 Å². The first-order valence-electron chi connectivity index (χ1n) is 35.0. The molecule has 0 aliphatic carbocycles. The van der Waals surface area contributed by atoms with E-state index in [1.807, 2.05) is 29.8 Å². The lowest BCUT2D eigenvalue weighted by molar-refractivity contribution is -0.142. The van der Waals surface area contributed by atoms with Crippen LogP contribution in [0.2, 0.25) is 0 Å². The largest absolute Gasteiger partial charge is 0.481 e. The van der Waals surface area contributed by atoms with Gasteiger partial charge < -0.3 is 117 Å². The summed E-state index contributed by atoms with van der Waals surface area (Å²) >= 11 is 0. The molecule has 2 aromatic rings. The number of nitrogens with one attached hydrogen (secondary N) is 14. The summed E-state index contributed by atoms with van der Waals surface area (Å²) in [4.78, 5) is 262. The number of primary amides is 2. The molecule has 0 fully saturated rings. The van der Waals surface area contributed by atoms with E-state index >= 15 is 0 Å². The van der Waals surface area contributed by atoms with E-state index in [4.69, 9.17) is 17.2 Å². The maximum absolute atomic E-state index is 14.3. The van der Waals surface area contributed by atoms with Crippen LogP contribution in [0.1, 0.15) is 124 Å². The van der Waals surface area contributed by atoms with Crippen LogP contribution in [-0.4, -0.2) is 242 Å². The number of carboxylic acid groups (broad SMARTS) is 4. The lowest BCUT2D eigenvalue weighted by Gasteiger charge is -2.27. The van der Waals surface area contributed by atoms with Crippen molar-refractivity contribution >= 4 is 118 Å². The number of benzene rings is 2. The highest BCUT2D eigenvalue weighted by atomic mass is 16.4. The normalized spacial score (nSPS) is 14.7. The van der Waals surface area contributed by atoms with Crippen molar-refractivity contribution in [2.24, 2.45) is 29.0 Å². The minimum Gasteiger partial charge on any atom is -0.481 e. The minimum atomic E-state index is -2.25. The predicted molar refractivity (Wildman–Crippen MR) is 386 cm³/mol. The summed E-state index contributed by atoms with van der Waals surface area (Å²) in [6.07, 6.45) is -7.09. The molecule has 14 atom stereocenters. The molecule has 111 heavy (non-hydrogen) atoms. The van der Waals surface area contributed by atoms with E-state index in [2.05, 4.69) is 58.5 Å². The zero-order chi connectivity index (χ0) is 84.1. The molecular weight excluding hydrogens is 1470 g/mol. The van der Waals surface area contributed by atoms with Crippen LogP contribution in [0.15, 0.2) is 60.7 Å². The molecule has 0 heterocycles. The first kappa shape index (κ1) is 94.8. The van der Waals surface area contributed by atoms with E-state index < -0.39 is 261 Å². The van der Waals surface area contributed by atoms with Gasteiger partial charge in [-0.1, -0.05) is 88.4 Å². The highest BCUT2D eigenvalue weighted by Crippen LogP contribution is 2.13. The van der Waals surface area contributed by atoms with Crippen molar-refractivity contribution in [1.29, 1.82) is 0 Å². The fraction of sp³-hybridized carbons (Fsp3) is 0.536. The van der Waals surface area contributed by atoms with E-state index in [9.17, 15) is 121 Å². The van der Waals surface area contributed by atoms with Crippen molar-refractivity contribution in [3.8, 4) is 0 Å². The summed E-state index contributed by atoms with van der Waals surface area (Å²) in [5, 5.41) is 80.5. The van der Waals surface area contributed by atoms with Gasteiger partial charge in [0.15, 0.2) is 0 Å². The summed E-state index contributed by atoms with van der Waals surface area (Å²) < 4.78 is 0. The molecule has 2 rings (SSSR count). The summed E-state index contributed by atoms with van der Waals surface area (Å²) in [5.41, 5.74) is 17.3. The first-order valence-corrected chi connectivity index (χ1v) is 35.0. The lowest BCUT2D eigenvalue weighted by atomic mass is 10.0. The molecule has 0 spiro atoms. The van der Waals surface area contributed by atoms with Crippen molar-refractivity contribution in [3.05, 3.63) is 71.8 Å². The Balaban J connectivity index is 2.31. The third-order valence-electron chi connectivity index (χ3n) is 16.1. The van der Waals surface area contributed by atoms with Gasteiger partial charge in [0.2, 0.25) is 94.5 Å². The molecule has 0 aromatic heterocycles. The maximum atomic E-state index is 14.3. The number of aliphatic hydroxyl groups is 1. The van der Waals surface area contributed by atoms with Gasteiger partial charge >= 0.3 is 23.9 Å². The van der Waals surface area contributed by atoms with Gasteiger partial charge in [0.05, 0.1) is 38.5 Å². The summed E-state index contributed by atoms with van der Waals surface area (Å²) in [6, 6.07) is -6.70. The van der Waals surface area contributed by atoms with E-state index in [0.29, 0.717) is 11.1 Å². The number of carbonyl (C=O) groups excluding carboxylic acids is 16. The number of amides is 16. The van der Waals surface area contributed by atoms with Gasteiger partial charge in [-0.15, -0.1) is 0 Å². The number of hydrogen-bond donors (Lipinski definition) is 22. The maximum Gasteiger partial charge on any atom is 0.305 e. The van der Waals surface area contributed by atoms with Crippen molar-refractivity contribution in [2.45, 2.75) is 211 Å². The quantitative estimate of drug-likeness (QED) is 0.0293. The molecule has 0 radical (unpaired) electrons. The van der Waals surface area contributed by atoms with E-state index in [-0.39, 0.29) is 37.5 Å². The molecule has 42 heteroatoms. The van der Waals surface area contributed by atoms with Gasteiger partial charge in [-0.3, -0.25) is 95.9 Å². The molecular formula is C69H101N17O25. The monoisotopic (exact) mass is 1570 g/mol. The molecule has 42 nitrogen and oxygen atoms in total. The third kappa shape index (κ3) is 36.5. The number of nitrogens with two attached hydrogens (primary N) is 3. The summed E-state index contributed by atoms with van der Waals surface area (Å²) in [7, 11) is 0. The van der Waals surface area contributed by atoms with E-state index in [1.54, 1.807) is 74.5 Å². The third-order valence-corrected chi connectivity index (χ3v) is 16.1. The van der Waals surface area contributed by atoms with Crippen molar-refractivity contribution in [1.82, 2.24) is 74.4 Å². The molecule has 0 bridgehead atoms. The first-order chi connectivity index (χ1) is 51.9. The summed E-state index contributed by atoms with van der Waals surface area (Å²) in [5.74, 6) is -25.0. The topological polar surface area (TPSA) is 689 Å². The standard InChI is InChI=1S/C69H101N17O25/c1-32(2)23-42(56(72)98)77-51(89)30-73-61(103)44(25-38-15-11-9-12-16-38)81-59(101)37(8)76-64(106)45(26-39-17-13-10-14-18-39)83-66(108)43(24-33(3)4)82-69(111)49(31-87)86-60(102)36(7)74-58(100)35(6)75-65(107)47(28-54(94)95)84-62(104)41(20-22-53(92)93)79-68(110)48(29-55(96)97)85-63(105)40(19-21-52(90)91)78-67(109)46(27-50(71)88)80-57(99)34(5)70/h9-18,32-37,40-49,87H,19-31,70H2,1-8H3,(H2,71,88)(H2,72,98)(H,73,103)(H,74,100)(H,75,107)(H,76,106)(H,77,89)(H,78,109)(H,79,110)(H,80,99)(H,81,101)(H,82,111)(H,83,108)(H,84,104)(H,85,105)(H,86,102)(H,90,91)(H,92,93)(H,94,95)(H,96,97). The number of rotatable bonds is 50. The van der Waals surface area contributed by atoms with Crippen LogP contribution in [-0.2, 0) is 109 Å². The average molecular weight is 1570 g/mol. The lowest BCUT2D eigenvalue weighted by Crippen LogP contribution is -2.61. The number of aliphatic carboxylic acids is 4. The highest BCUT2D eigenvalue weighted by molar-refractivity contribution is 6.02. The average Bonchev–Trinajstić information content (AvgIpc) is 0.848. The Morgan fingerprint density at radius 1 is 0.333 bits per heavy atom. The SMILES string of the molecule is CC(C)CC(NC(=O)CNC(=O)C(Cc1ccccc1)NC(=O)C(C)NC(=O)C(Cc1ccccc1)NC(=O)C(CC(C)C)NC(=O)C(CO)NC(=O)C(C)NC(=O)C(C)NC(=O)C(CC(=O)O)NC(=O)C(CCC(=O)O)NC(=O)C(CC(=O)O)NC(=O)C(CCC(=O)O)NC(=O)C(CC(N)=O)NC(=O)C(C)N)C(N)=O. The molecule has 612 valence electrons. The molecule has 0 saturated carbocycles. The fourth-order valence-corrected chi connectivity index (χ4v) is 10.2. The number of carbonyl (C=O) groups is 20. The number of carboxylic acids is 4. The smallest absolute Gasteiger partial charge is 0.305 e. The molecule has 16 amide bonds. The second-order valence-electron chi connectivity index (χ2n) is 26.8. The zero-order valence-electron chi connectivity index (χ0n) is 62.3.